The molecule has 0 aliphatic heterocycles. The van der Waals surface area contributed by atoms with Crippen molar-refractivity contribution < 1.29 is 0 Å². The second-order valence-electron chi connectivity index (χ2n) is 22.8. The van der Waals surface area contributed by atoms with E-state index in [-0.39, 0.29) is 0 Å². The molecule has 13 rings (SSSR count). The van der Waals surface area contributed by atoms with E-state index in [9.17, 15) is 10.5 Å². The Bertz CT molecular complexity index is 4590. The van der Waals surface area contributed by atoms with E-state index in [1.807, 2.05) is 18.2 Å². The van der Waals surface area contributed by atoms with Crippen molar-refractivity contribution in [3.63, 3.8) is 0 Å². The Morgan fingerprint density at radius 3 is 0.975 bits per heavy atom. The molecule has 0 saturated carbocycles. The molecule has 0 fully saturated rings. The third kappa shape index (κ3) is 9.06. The van der Waals surface area contributed by atoms with Gasteiger partial charge in [0.15, 0.2) is 0 Å². The van der Waals surface area contributed by atoms with E-state index in [4.69, 9.17) is 0 Å². The van der Waals surface area contributed by atoms with Gasteiger partial charge in [0.2, 0.25) is 0 Å². The standard InChI is InChI=1S/C77H60N4/c1-45-24-46(2)29-60(28-45)56-12-20-73-69(38-56)70-39-57(61-30-47(3)25-48(4)31-61)13-21-74(70)80(73)64-16-18-66(65-17-10-54(43-78)36-53(65)9)67(42-64)68-37-55(44-79)11-19-75(68)81-76-22-14-58(62-32-49(5)26-50(6)33-62)40-71(76)72-41-59(15-23-77(72)81)63-34-51(7)27-52(8)35-63/h10-42H,1-9H3. The van der Waals surface area contributed by atoms with Crippen LogP contribution in [0, 0.1) is 85.0 Å². The minimum atomic E-state index is 0.561. The van der Waals surface area contributed by atoms with Crippen LogP contribution in [0.4, 0.5) is 0 Å². The lowest BCUT2D eigenvalue weighted by Gasteiger charge is -2.20. The molecule has 0 bridgehead atoms. The fourth-order valence-corrected chi connectivity index (χ4v) is 13.0. The fraction of sp³-hybridized carbons (Fsp3) is 0.117. The lowest BCUT2D eigenvalue weighted by molar-refractivity contribution is 1.17. The number of hydrogen-bond acceptors (Lipinski definition) is 2. The van der Waals surface area contributed by atoms with E-state index in [2.05, 4.69) is 266 Å². The average Bonchev–Trinajstić information content (AvgIpc) is 4.21. The van der Waals surface area contributed by atoms with E-state index in [1.54, 1.807) is 0 Å². The summed E-state index contributed by atoms with van der Waals surface area (Å²) in [6.07, 6.45) is 0. The fourth-order valence-electron chi connectivity index (χ4n) is 13.0. The molecule has 13 aromatic rings. The monoisotopic (exact) mass is 1040 g/mol. The van der Waals surface area contributed by atoms with Gasteiger partial charge in [0.05, 0.1) is 51.0 Å². The summed E-state index contributed by atoms with van der Waals surface area (Å²) in [7, 11) is 0. The molecule has 0 atom stereocenters. The molecule has 4 nitrogen and oxygen atoms in total. The van der Waals surface area contributed by atoms with Gasteiger partial charge in [-0.3, -0.25) is 0 Å². The van der Waals surface area contributed by atoms with Crippen LogP contribution in [-0.4, -0.2) is 9.13 Å². The van der Waals surface area contributed by atoms with Crippen LogP contribution in [0.3, 0.4) is 0 Å². The van der Waals surface area contributed by atoms with Crippen molar-refractivity contribution in [2.45, 2.75) is 62.3 Å². The van der Waals surface area contributed by atoms with Gasteiger partial charge in [0.25, 0.3) is 0 Å². The number of aromatic nitrogens is 2. The highest BCUT2D eigenvalue weighted by molar-refractivity contribution is 6.14. The summed E-state index contributed by atoms with van der Waals surface area (Å²) < 4.78 is 4.82. The number of benzene rings is 11. The minimum absolute atomic E-state index is 0.561. The van der Waals surface area contributed by atoms with E-state index < -0.39 is 0 Å². The molecule has 11 aromatic carbocycles. The first-order valence-electron chi connectivity index (χ1n) is 27.9. The highest BCUT2D eigenvalue weighted by Crippen LogP contribution is 2.45. The Balaban J connectivity index is 1.10. The Kier molecular flexibility index (Phi) is 12.3. The van der Waals surface area contributed by atoms with Crippen molar-refractivity contribution in [2.24, 2.45) is 0 Å². The van der Waals surface area contributed by atoms with Gasteiger partial charge in [-0.1, -0.05) is 154 Å². The van der Waals surface area contributed by atoms with Gasteiger partial charge in [0.1, 0.15) is 0 Å². The van der Waals surface area contributed by atoms with Gasteiger partial charge in [-0.25, -0.2) is 0 Å². The molecule has 0 aliphatic rings. The van der Waals surface area contributed by atoms with Crippen molar-refractivity contribution in [1.82, 2.24) is 9.13 Å². The van der Waals surface area contributed by atoms with Crippen LogP contribution in [0.1, 0.15) is 61.2 Å². The molecule has 0 saturated heterocycles. The summed E-state index contributed by atoms with van der Waals surface area (Å²) in [5.74, 6) is 0. The molecular weight excluding hydrogens is 981 g/mol. The first-order chi connectivity index (χ1) is 39.2. The highest BCUT2D eigenvalue weighted by atomic mass is 15.0. The molecule has 0 spiro atoms. The molecule has 2 heterocycles. The van der Waals surface area contributed by atoms with E-state index in [0.717, 1.165) is 83.2 Å². The maximum absolute atomic E-state index is 10.8. The molecule has 4 heteroatoms. The summed E-state index contributed by atoms with van der Waals surface area (Å²) in [4.78, 5) is 0. The van der Waals surface area contributed by atoms with Crippen molar-refractivity contribution in [2.75, 3.05) is 0 Å². The third-order valence-corrected chi connectivity index (χ3v) is 16.3. The maximum atomic E-state index is 10.8. The molecule has 0 radical (unpaired) electrons. The Labute approximate surface area is 474 Å². The second-order valence-corrected chi connectivity index (χ2v) is 22.8. The number of hydrogen-bond donors (Lipinski definition) is 0. The number of aryl methyl sites for hydroxylation is 9. The van der Waals surface area contributed by atoms with Crippen LogP contribution in [0.2, 0.25) is 0 Å². The van der Waals surface area contributed by atoms with Crippen molar-refractivity contribution in [3.8, 4) is 90.3 Å². The van der Waals surface area contributed by atoms with Gasteiger partial charge in [-0.2, -0.15) is 10.5 Å². The molecule has 2 aromatic heterocycles. The SMILES string of the molecule is Cc1cc(C)cc(-c2ccc3c(c2)c2cc(-c4cc(C)cc(C)c4)ccc2n3-c2ccc(-c3ccc(C#N)cc3C)c(-c3cc(C#N)ccc3-n3c4ccc(-c5cc(C)cc(C)c5)cc4c4cc(-c5cc(C)cc(C)c5)ccc43)c2)c1. The zero-order chi connectivity index (χ0) is 56.0. The summed E-state index contributed by atoms with van der Waals surface area (Å²) in [5, 5.41) is 25.5. The quantitative estimate of drug-likeness (QED) is 0.152. The van der Waals surface area contributed by atoms with Crippen LogP contribution in [0.5, 0.6) is 0 Å². The predicted octanol–water partition coefficient (Wildman–Crippen LogP) is 20.4. The number of nitrogens with zero attached hydrogens (tertiary/aromatic N) is 4. The average molecular weight is 1040 g/mol. The number of nitriles is 2. The van der Waals surface area contributed by atoms with Crippen molar-refractivity contribution in [1.29, 1.82) is 10.5 Å². The Morgan fingerprint density at radius 1 is 0.259 bits per heavy atom. The van der Waals surface area contributed by atoms with Gasteiger partial charge >= 0.3 is 0 Å². The summed E-state index contributed by atoms with van der Waals surface area (Å²) in [6, 6.07) is 78.6. The summed E-state index contributed by atoms with van der Waals surface area (Å²) in [6.45, 7) is 19.4. The molecule has 0 unspecified atom stereocenters. The molecule has 81 heavy (non-hydrogen) atoms. The third-order valence-electron chi connectivity index (χ3n) is 16.3. The van der Waals surface area contributed by atoms with Crippen LogP contribution >= 0.6 is 0 Å². The largest absolute Gasteiger partial charge is 0.309 e. The van der Waals surface area contributed by atoms with Gasteiger partial charge in [-0.05, 0) is 220 Å². The Morgan fingerprint density at radius 2 is 0.605 bits per heavy atom. The van der Waals surface area contributed by atoms with Gasteiger partial charge < -0.3 is 9.13 Å². The first-order valence-corrected chi connectivity index (χ1v) is 27.9. The van der Waals surface area contributed by atoms with Gasteiger partial charge in [-0.15, -0.1) is 0 Å². The predicted molar refractivity (Wildman–Crippen MR) is 340 cm³/mol. The van der Waals surface area contributed by atoms with Crippen LogP contribution in [-0.2, 0) is 0 Å². The molecule has 0 aliphatic carbocycles. The second kappa shape index (κ2) is 19.7. The van der Waals surface area contributed by atoms with Gasteiger partial charge in [0, 0.05) is 32.8 Å². The summed E-state index contributed by atoms with van der Waals surface area (Å²) in [5.41, 5.74) is 31.6. The van der Waals surface area contributed by atoms with E-state index in [1.165, 1.54) is 88.7 Å². The lowest BCUT2D eigenvalue weighted by Crippen LogP contribution is -2.01. The Hall–Kier alpha value is -10.0. The van der Waals surface area contributed by atoms with Crippen molar-refractivity contribution >= 4 is 43.6 Å². The van der Waals surface area contributed by atoms with Crippen LogP contribution in [0.15, 0.2) is 200 Å². The highest BCUT2D eigenvalue weighted by Gasteiger charge is 2.23. The number of rotatable bonds is 8. The number of fused-ring (bicyclic) bond motifs is 6. The normalized spacial score (nSPS) is 11.5. The minimum Gasteiger partial charge on any atom is -0.309 e. The maximum Gasteiger partial charge on any atom is 0.0991 e. The van der Waals surface area contributed by atoms with Crippen LogP contribution in [0.25, 0.3) is 122 Å². The zero-order valence-corrected chi connectivity index (χ0v) is 47.3. The smallest absolute Gasteiger partial charge is 0.0991 e. The molecule has 388 valence electrons. The molecular formula is C77H60N4. The molecule has 0 amide bonds. The van der Waals surface area contributed by atoms with Crippen molar-refractivity contribution in [3.05, 3.63) is 261 Å². The molecule has 0 N–H and O–H groups in total. The zero-order valence-electron chi connectivity index (χ0n) is 47.3. The van der Waals surface area contributed by atoms with E-state index >= 15 is 0 Å². The van der Waals surface area contributed by atoms with E-state index in [0.29, 0.717) is 11.1 Å². The first kappa shape index (κ1) is 50.5. The summed E-state index contributed by atoms with van der Waals surface area (Å²) >= 11 is 0. The lowest BCUT2D eigenvalue weighted by atomic mass is 9.89. The topological polar surface area (TPSA) is 57.4 Å². The van der Waals surface area contributed by atoms with Crippen LogP contribution < -0.4 is 0 Å².